The molecule has 0 saturated carbocycles. The molecule has 3 rings (SSSR count). The van der Waals surface area contributed by atoms with E-state index in [-0.39, 0.29) is 29.4 Å². The molecule has 1 fully saturated rings. The zero-order valence-electron chi connectivity index (χ0n) is 13.3. The van der Waals surface area contributed by atoms with E-state index in [1.807, 2.05) is 0 Å². The zero-order valence-corrected chi connectivity index (χ0v) is 14.1. The lowest BCUT2D eigenvalue weighted by Crippen LogP contribution is -2.35. The molecule has 2 aromatic rings. The van der Waals surface area contributed by atoms with Gasteiger partial charge in [-0.25, -0.2) is 8.42 Å². The highest BCUT2D eigenvalue weighted by Crippen LogP contribution is 2.15. The van der Waals surface area contributed by atoms with Gasteiger partial charge in [0.25, 0.3) is 11.8 Å². The van der Waals surface area contributed by atoms with Crippen molar-refractivity contribution in [3.8, 4) is 0 Å². The van der Waals surface area contributed by atoms with Crippen LogP contribution < -0.4 is 10.6 Å². The second-order valence-corrected chi connectivity index (χ2v) is 8.08. The summed E-state index contributed by atoms with van der Waals surface area (Å²) in [6.45, 7) is 0. The van der Waals surface area contributed by atoms with Crippen molar-refractivity contribution >= 4 is 27.3 Å². The summed E-state index contributed by atoms with van der Waals surface area (Å²) in [7, 11) is -3.06. The predicted molar refractivity (Wildman–Crippen MR) is 93.2 cm³/mol. The Kier molecular flexibility index (Phi) is 4.80. The van der Waals surface area contributed by atoms with Gasteiger partial charge in [-0.1, -0.05) is 6.07 Å². The van der Waals surface area contributed by atoms with Crippen LogP contribution in [0.1, 0.15) is 27.1 Å². The Morgan fingerprint density at radius 2 is 1.88 bits per heavy atom. The van der Waals surface area contributed by atoms with Crippen LogP contribution in [0.2, 0.25) is 0 Å². The zero-order chi connectivity index (χ0) is 17.9. The van der Waals surface area contributed by atoms with E-state index in [4.69, 9.17) is 0 Å². The highest BCUT2D eigenvalue weighted by Gasteiger charge is 2.29. The molecule has 2 heterocycles. The molecule has 1 atom stereocenters. The fourth-order valence-corrected chi connectivity index (χ4v) is 4.29. The van der Waals surface area contributed by atoms with Gasteiger partial charge < -0.3 is 10.6 Å². The van der Waals surface area contributed by atoms with Gasteiger partial charge >= 0.3 is 0 Å². The number of benzene rings is 1. The average molecular weight is 359 g/mol. The van der Waals surface area contributed by atoms with E-state index in [2.05, 4.69) is 15.6 Å². The van der Waals surface area contributed by atoms with Crippen molar-refractivity contribution in [2.24, 2.45) is 0 Å². The molecule has 2 amide bonds. The molecule has 130 valence electrons. The highest BCUT2D eigenvalue weighted by atomic mass is 32.2. The van der Waals surface area contributed by atoms with Crippen LogP contribution in [0.15, 0.2) is 48.8 Å². The number of nitrogens with one attached hydrogen (secondary N) is 2. The number of carbonyl (C=O) groups excluding carboxylic acids is 2. The van der Waals surface area contributed by atoms with Gasteiger partial charge in [-0.05, 0) is 36.8 Å². The van der Waals surface area contributed by atoms with Crippen LogP contribution in [0.25, 0.3) is 0 Å². The lowest BCUT2D eigenvalue weighted by molar-refractivity contribution is 0.0940. The third-order valence-corrected chi connectivity index (χ3v) is 5.64. The second-order valence-electron chi connectivity index (χ2n) is 5.85. The van der Waals surface area contributed by atoms with E-state index >= 15 is 0 Å². The van der Waals surface area contributed by atoms with Gasteiger partial charge in [-0.3, -0.25) is 14.6 Å². The first-order valence-corrected chi connectivity index (χ1v) is 9.58. The van der Waals surface area contributed by atoms with E-state index in [0.29, 0.717) is 23.2 Å². The van der Waals surface area contributed by atoms with Crippen LogP contribution in [-0.2, 0) is 9.84 Å². The summed E-state index contributed by atoms with van der Waals surface area (Å²) in [5.74, 6) is -0.623. The van der Waals surface area contributed by atoms with Crippen molar-refractivity contribution in [1.29, 1.82) is 0 Å². The molecule has 8 heteroatoms. The summed E-state index contributed by atoms with van der Waals surface area (Å²) in [6.07, 6.45) is 3.45. The quantitative estimate of drug-likeness (QED) is 0.855. The Morgan fingerprint density at radius 3 is 2.56 bits per heavy atom. The van der Waals surface area contributed by atoms with Crippen LogP contribution in [0.4, 0.5) is 5.69 Å². The molecule has 7 nitrogen and oxygen atoms in total. The Bertz CT molecular complexity index is 897. The van der Waals surface area contributed by atoms with Crippen molar-refractivity contribution in [1.82, 2.24) is 10.3 Å². The highest BCUT2D eigenvalue weighted by molar-refractivity contribution is 7.91. The number of carbonyl (C=O) groups is 2. The SMILES string of the molecule is O=C(Nc1cccc(C(=O)NC2CCS(=O)(=O)C2)c1)c1cccnc1. The Hall–Kier alpha value is -2.74. The normalized spacial score (nSPS) is 18.5. The minimum absolute atomic E-state index is 0.0316. The summed E-state index contributed by atoms with van der Waals surface area (Å²) in [4.78, 5) is 28.3. The van der Waals surface area contributed by atoms with Gasteiger partial charge in [0.2, 0.25) is 0 Å². The molecule has 0 radical (unpaired) electrons. The maximum atomic E-state index is 12.3. The summed E-state index contributed by atoms with van der Waals surface area (Å²) in [5.41, 5.74) is 1.24. The molecule has 1 aromatic heterocycles. The number of nitrogens with zero attached hydrogens (tertiary/aromatic N) is 1. The molecular weight excluding hydrogens is 342 g/mol. The Labute approximate surface area is 145 Å². The number of anilines is 1. The van der Waals surface area contributed by atoms with Crippen LogP contribution in [-0.4, -0.2) is 42.8 Å². The lowest BCUT2D eigenvalue weighted by Gasteiger charge is -2.12. The average Bonchev–Trinajstić information content (AvgIpc) is 2.94. The minimum Gasteiger partial charge on any atom is -0.348 e. The molecule has 1 saturated heterocycles. The minimum atomic E-state index is -3.06. The summed E-state index contributed by atoms with van der Waals surface area (Å²) >= 11 is 0. The number of sulfone groups is 1. The molecule has 1 aromatic carbocycles. The largest absolute Gasteiger partial charge is 0.348 e. The Morgan fingerprint density at radius 1 is 1.08 bits per heavy atom. The molecular formula is C17H17N3O4S. The van der Waals surface area contributed by atoms with Crippen LogP contribution in [0.3, 0.4) is 0 Å². The molecule has 0 bridgehead atoms. The molecule has 1 aliphatic heterocycles. The topological polar surface area (TPSA) is 105 Å². The number of pyridine rings is 1. The van der Waals surface area contributed by atoms with Crippen molar-refractivity contribution < 1.29 is 18.0 Å². The third-order valence-electron chi connectivity index (χ3n) is 3.87. The van der Waals surface area contributed by atoms with Gasteiger partial charge in [-0.2, -0.15) is 0 Å². The summed E-state index contributed by atoms with van der Waals surface area (Å²) in [5, 5.41) is 5.43. The van der Waals surface area contributed by atoms with Crippen LogP contribution >= 0.6 is 0 Å². The molecule has 1 aliphatic rings. The number of rotatable bonds is 4. The van der Waals surface area contributed by atoms with Crippen molar-refractivity contribution in [3.63, 3.8) is 0 Å². The fraction of sp³-hybridized carbons (Fsp3) is 0.235. The van der Waals surface area contributed by atoms with Gasteiger partial charge in [0.15, 0.2) is 9.84 Å². The number of hydrogen-bond donors (Lipinski definition) is 2. The second kappa shape index (κ2) is 7.02. The molecule has 0 aliphatic carbocycles. The van der Waals surface area contributed by atoms with E-state index in [1.54, 1.807) is 42.6 Å². The Balaban J connectivity index is 1.67. The van der Waals surface area contributed by atoms with E-state index in [9.17, 15) is 18.0 Å². The number of hydrogen-bond acceptors (Lipinski definition) is 5. The van der Waals surface area contributed by atoms with Crippen molar-refractivity contribution in [2.45, 2.75) is 12.5 Å². The fourth-order valence-electron chi connectivity index (χ4n) is 2.62. The first-order chi connectivity index (χ1) is 11.9. The third kappa shape index (κ3) is 4.42. The number of aromatic nitrogens is 1. The predicted octanol–water partition coefficient (Wildman–Crippen LogP) is 1.25. The molecule has 1 unspecified atom stereocenters. The first-order valence-electron chi connectivity index (χ1n) is 7.76. The molecule has 2 N–H and O–H groups in total. The van der Waals surface area contributed by atoms with Gasteiger partial charge in [0.1, 0.15) is 0 Å². The number of amides is 2. The van der Waals surface area contributed by atoms with Crippen LogP contribution in [0, 0.1) is 0 Å². The maximum absolute atomic E-state index is 12.3. The monoisotopic (exact) mass is 359 g/mol. The van der Waals surface area contributed by atoms with E-state index in [1.165, 1.54) is 6.20 Å². The molecule has 0 spiro atoms. The van der Waals surface area contributed by atoms with Crippen LogP contribution in [0.5, 0.6) is 0 Å². The smallest absolute Gasteiger partial charge is 0.257 e. The lowest BCUT2D eigenvalue weighted by atomic mass is 10.1. The van der Waals surface area contributed by atoms with Gasteiger partial charge in [0, 0.05) is 29.7 Å². The maximum Gasteiger partial charge on any atom is 0.257 e. The summed E-state index contributed by atoms with van der Waals surface area (Å²) < 4.78 is 22.9. The van der Waals surface area contributed by atoms with E-state index in [0.717, 1.165) is 0 Å². The standard InChI is InChI=1S/C17H17N3O4S/c21-16(20-15-6-8-25(23,24)11-15)12-3-1-5-14(9-12)19-17(22)13-4-2-7-18-10-13/h1-5,7,9-10,15H,6,8,11H2,(H,19,22)(H,20,21). The van der Waals surface area contributed by atoms with Gasteiger partial charge in [-0.15, -0.1) is 0 Å². The van der Waals surface area contributed by atoms with Crippen molar-refractivity contribution in [3.05, 3.63) is 59.9 Å². The first kappa shape index (κ1) is 17.1. The van der Waals surface area contributed by atoms with E-state index < -0.39 is 9.84 Å². The molecule has 25 heavy (non-hydrogen) atoms. The summed E-state index contributed by atoms with van der Waals surface area (Å²) in [6, 6.07) is 9.41. The van der Waals surface area contributed by atoms with Crippen molar-refractivity contribution in [2.75, 3.05) is 16.8 Å². The van der Waals surface area contributed by atoms with Gasteiger partial charge in [0.05, 0.1) is 17.1 Å².